The van der Waals surface area contributed by atoms with E-state index in [-0.39, 0.29) is 6.03 Å². The zero-order valence-corrected chi connectivity index (χ0v) is 18.3. The molecule has 7 nitrogen and oxygen atoms in total. The second kappa shape index (κ2) is 11.6. The molecule has 1 aromatic carbocycles. The zero-order valence-electron chi connectivity index (χ0n) is 17.5. The average Bonchev–Trinajstić information content (AvgIpc) is 2.73. The fraction of sp³-hybridized carbons (Fsp3) is 0.476. The van der Waals surface area contributed by atoms with Crippen LogP contribution in [0.1, 0.15) is 30.7 Å². The van der Waals surface area contributed by atoms with Gasteiger partial charge in [0.1, 0.15) is 23.7 Å². The van der Waals surface area contributed by atoms with E-state index in [1.54, 1.807) is 7.05 Å². The third-order valence-electron chi connectivity index (χ3n) is 4.44. The van der Waals surface area contributed by atoms with E-state index < -0.39 is 0 Å². The molecule has 8 heteroatoms. The fourth-order valence-corrected chi connectivity index (χ4v) is 3.21. The Kier molecular flexibility index (Phi) is 9.15. The molecule has 2 rings (SSSR count). The molecule has 2 aromatic rings. The zero-order chi connectivity index (χ0) is 21.2. The van der Waals surface area contributed by atoms with Gasteiger partial charge in [0.2, 0.25) is 0 Å². The Hall–Kier alpha value is -2.38. The number of ether oxygens (including phenoxy) is 2. The van der Waals surface area contributed by atoms with Gasteiger partial charge in [-0.2, -0.15) is 0 Å². The van der Waals surface area contributed by atoms with Crippen LogP contribution in [-0.4, -0.2) is 49.4 Å². The molecule has 0 radical (unpaired) electrons. The van der Waals surface area contributed by atoms with Crippen LogP contribution in [0.25, 0.3) is 0 Å². The van der Waals surface area contributed by atoms with Gasteiger partial charge in [-0.05, 0) is 43.9 Å². The van der Waals surface area contributed by atoms with Crippen LogP contribution >= 0.6 is 11.6 Å². The van der Waals surface area contributed by atoms with Gasteiger partial charge in [-0.3, -0.25) is 4.90 Å². The maximum atomic E-state index is 12.4. The number of aryl methyl sites for hydroxylation is 2. The van der Waals surface area contributed by atoms with Gasteiger partial charge in [0.25, 0.3) is 0 Å². The van der Waals surface area contributed by atoms with E-state index in [2.05, 4.69) is 21.4 Å². The van der Waals surface area contributed by atoms with Gasteiger partial charge in [0, 0.05) is 13.7 Å². The number of anilines is 1. The topological polar surface area (TPSA) is 76.6 Å². The number of nitrogens with one attached hydrogen (secondary N) is 1. The molecule has 1 N–H and O–H groups in total. The van der Waals surface area contributed by atoms with E-state index >= 15 is 0 Å². The number of halogens is 1. The highest BCUT2D eigenvalue weighted by Gasteiger charge is 2.21. The summed E-state index contributed by atoms with van der Waals surface area (Å²) in [6.45, 7) is 7.97. The van der Waals surface area contributed by atoms with Gasteiger partial charge in [-0.25, -0.2) is 14.8 Å². The lowest BCUT2D eigenvalue weighted by molar-refractivity contribution is 0.151. The van der Waals surface area contributed by atoms with Crippen molar-refractivity contribution in [2.24, 2.45) is 0 Å². The lowest BCUT2D eigenvalue weighted by atomic mass is 10.1. The molecule has 0 aliphatic carbocycles. The van der Waals surface area contributed by atoms with Gasteiger partial charge < -0.3 is 14.8 Å². The summed E-state index contributed by atoms with van der Waals surface area (Å²) in [5.41, 5.74) is 2.94. The largest absolute Gasteiger partial charge is 0.491 e. The van der Waals surface area contributed by atoms with Crippen LogP contribution in [0.15, 0.2) is 24.5 Å². The van der Waals surface area contributed by atoms with E-state index in [1.807, 2.05) is 32.9 Å². The second-order valence-corrected chi connectivity index (χ2v) is 6.79. The molecule has 1 heterocycles. The minimum absolute atomic E-state index is 0.297. The smallest absolute Gasteiger partial charge is 0.322 e. The van der Waals surface area contributed by atoms with Crippen molar-refractivity contribution in [3.63, 3.8) is 0 Å². The third kappa shape index (κ3) is 6.30. The number of hydrogen-bond donors (Lipinski definition) is 1. The van der Waals surface area contributed by atoms with Gasteiger partial charge in [0.05, 0.1) is 18.8 Å². The van der Waals surface area contributed by atoms with Crippen LogP contribution in [0.3, 0.4) is 0 Å². The molecule has 0 atom stereocenters. The van der Waals surface area contributed by atoms with Crippen molar-refractivity contribution in [3.8, 4) is 5.75 Å². The first-order valence-electron chi connectivity index (χ1n) is 9.80. The van der Waals surface area contributed by atoms with Crippen molar-refractivity contribution in [1.29, 1.82) is 0 Å². The van der Waals surface area contributed by atoms with Crippen molar-refractivity contribution in [3.05, 3.63) is 46.4 Å². The lowest BCUT2D eigenvalue weighted by Crippen LogP contribution is -2.41. The van der Waals surface area contributed by atoms with Crippen LogP contribution in [0.4, 0.5) is 10.6 Å². The van der Waals surface area contributed by atoms with Crippen LogP contribution in [0.5, 0.6) is 5.75 Å². The van der Waals surface area contributed by atoms with Gasteiger partial charge in [0.15, 0.2) is 5.82 Å². The molecule has 0 saturated carbocycles. The van der Waals surface area contributed by atoms with Gasteiger partial charge in [-0.1, -0.05) is 30.7 Å². The number of benzene rings is 1. The monoisotopic (exact) mass is 420 g/mol. The molecular weight excluding hydrogens is 392 g/mol. The molecule has 2 amide bonds. The first-order valence-corrected chi connectivity index (χ1v) is 10.2. The minimum atomic E-state index is -0.306. The molecule has 1 aromatic heterocycles. The van der Waals surface area contributed by atoms with Crippen LogP contribution in [0, 0.1) is 6.92 Å². The number of carbonyl (C=O) groups excluding carboxylic acids is 1. The van der Waals surface area contributed by atoms with Crippen molar-refractivity contribution in [2.75, 3.05) is 38.3 Å². The predicted octanol–water partition coefficient (Wildman–Crippen LogP) is 3.80. The molecule has 29 heavy (non-hydrogen) atoms. The van der Waals surface area contributed by atoms with Gasteiger partial charge >= 0.3 is 6.03 Å². The van der Waals surface area contributed by atoms with E-state index in [4.69, 9.17) is 21.1 Å². The minimum Gasteiger partial charge on any atom is -0.491 e. The molecular formula is C21H29ClN4O3. The van der Waals surface area contributed by atoms with E-state index in [0.29, 0.717) is 42.7 Å². The fourth-order valence-electron chi connectivity index (χ4n) is 2.88. The van der Waals surface area contributed by atoms with Crippen molar-refractivity contribution in [2.45, 2.75) is 33.6 Å². The number of carbonyl (C=O) groups is 1. The lowest BCUT2D eigenvalue weighted by Gasteiger charge is -2.23. The predicted molar refractivity (Wildman–Crippen MR) is 115 cm³/mol. The Labute approximate surface area is 177 Å². The van der Waals surface area contributed by atoms with Crippen LogP contribution < -0.4 is 15.0 Å². The number of rotatable bonds is 10. The third-order valence-corrected chi connectivity index (χ3v) is 4.83. The molecule has 0 aliphatic rings. The summed E-state index contributed by atoms with van der Waals surface area (Å²) in [5, 5.41) is 3.00. The summed E-state index contributed by atoms with van der Waals surface area (Å²) in [6.07, 6.45) is 2.94. The van der Waals surface area contributed by atoms with Crippen molar-refractivity contribution < 1.29 is 14.3 Å². The summed E-state index contributed by atoms with van der Waals surface area (Å²) in [6, 6.07) is 5.78. The quantitative estimate of drug-likeness (QED) is 0.591. The van der Waals surface area contributed by atoms with E-state index in [0.717, 1.165) is 24.3 Å². The molecule has 0 fully saturated rings. The van der Waals surface area contributed by atoms with Gasteiger partial charge in [-0.15, -0.1) is 0 Å². The number of hydrogen-bond acceptors (Lipinski definition) is 5. The Morgan fingerprint density at radius 1 is 1.24 bits per heavy atom. The molecule has 0 bridgehead atoms. The van der Waals surface area contributed by atoms with Crippen LogP contribution in [-0.2, 0) is 17.6 Å². The summed E-state index contributed by atoms with van der Waals surface area (Å²) < 4.78 is 11.3. The first kappa shape index (κ1) is 22.9. The Morgan fingerprint density at radius 3 is 2.69 bits per heavy atom. The molecule has 0 unspecified atom stereocenters. The van der Waals surface area contributed by atoms with E-state index in [1.165, 1.54) is 16.8 Å². The summed E-state index contributed by atoms with van der Waals surface area (Å²) in [7, 11) is 1.57. The van der Waals surface area contributed by atoms with Crippen LogP contribution in [0.2, 0.25) is 5.02 Å². The standard InChI is InChI=1S/C21H29ClN4O3/c1-5-17-19(22)20(25-14-24-17)26(21(27)23-4)10-12-29-18-8-7-16(13-15(18)3)9-11-28-6-2/h7-8,13-14H,5-6,9-12H2,1-4H3,(H,23,27). The van der Waals surface area contributed by atoms with Crippen molar-refractivity contribution >= 4 is 23.4 Å². The Balaban J connectivity index is 2.05. The Bertz CT molecular complexity index is 817. The normalized spacial score (nSPS) is 10.7. The number of aromatic nitrogens is 2. The molecule has 0 saturated heterocycles. The maximum Gasteiger partial charge on any atom is 0.322 e. The SMILES string of the molecule is CCOCCc1ccc(OCCN(C(=O)NC)c2ncnc(CC)c2Cl)c(C)c1. The summed E-state index contributed by atoms with van der Waals surface area (Å²) >= 11 is 6.40. The molecule has 158 valence electrons. The van der Waals surface area contributed by atoms with E-state index in [9.17, 15) is 4.79 Å². The number of amides is 2. The summed E-state index contributed by atoms with van der Waals surface area (Å²) in [5.74, 6) is 1.16. The number of urea groups is 1. The second-order valence-electron chi connectivity index (χ2n) is 6.41. The highest BCUT2D eigenvalue weighted by molar-refractivity contribution is 6.34. The Morgan fingerprint density at radius 2 is 2.03 bits per heavy atom. The first-order chi connectivity index (χ1) is 14.0. The molecule has 0 spiro atoms. The highest BCUT2D eigenvalue weighted by Crippen LogP contribution is 2.26. The maximum absolute atomic E-state index is 12.4. The van der Waals surface area contributed by atoms with Crippen molar-refractivity contribution in [1.82, 2.24) is 15.3 Å². The number of nitrogens with zero attached hydrogens (tertiary/aromatic N) is 3. The molecule has 0 aliphatic heterocycles. The summed E-state index contributed by atoms with van der Waals surface area (Å²) in [4.78, 5) is 22.2. The average molecular weight is 421 g/mol. The highest BCUT2D eigenvalue weighted by atomic mass is 35.5.